The van der Waals surface area contributed by atoms with Crippen LogP contribution in [0.15, 0.2) is 18.2 Å². The Bertz CT molecular complexity index is 930. The van der Waals surface area contributed by atoms with Crippen molar-refractivity contribution in [2.45, 2.75) is 49.8 Å². The molecule has 2 bridgehead atoms. The molecule has 10 nitrogen and oxygen atoms in total. The van der Waals surface area contributed by atoms with Crippen LogP contribution in [0.25, 0.3) is 0 Å². The highest BCUT2D eigenvalue weighted by atomic mass is 16.6. The Morgan fingerprint density at radius 3 is 2.53 bits per heavy atom. The lowest BCUT2D eigenvalue weighted by Gasteiger charge is -2.55. The Morgan fingerprint density at radius 2 is 1.94 bits per heavy atom. The first-order valence-electron chi connectivity index (χ1n) is 10.3. The topological polar surface area (TPSA) is 129 Å². The Morgan fingerprint density at radius 1 is 1.22 bits per heavy atom. The van der Waals surface area contributed by atoms with Crippen LogP contribution >= 0.6 is 0 Å². The van der Waals surface area contributed by atoms with Crippen molar-refractivity contribution in [2.75, 3.05) is 27.9 Å². The lowest BCUT2D eigenvalue weighted by Crippen LogP contribution is -2.69. The average molecular weight is 449 g/mol. The minimum Gasteiger partial charge on any atom is -0.497 e. The molecular formula is C22H27NO9. The second kappa shape index (κ2) is 9.15. The molecule has 0 radical (unpaired) electrons. The first-order valence-corrected chi connectivity index (χ1v) is 10.3. The number of esters is 3. The Hall–Kier alpha value is -3.14. The second-order valence-electron chi connectivity index (χ2n) is 7.92. The summed E-state index contributed by atoms with van der Waals surface area (Å²) in [5.74, 6) is -3.84. The molecule has 4 atom stereocenters. The molecule has 0 aromatic heterocycles. The third-order valence-corrected chi connectivity index (χ3v) is 6.38. The van der Waals surface area contributed by atoms with Crippen LogP contribution in [0.2, 0.25) is 0 Å². The molecule has 1 heterocycles. The first-order chi connectivity index (χ1) is 15.2. The number of rotatable bonds is 6. The quantitative estimate of drug-likeness (QED) is 0.376. The van der Waals surface area contributed by atoms with Crippen molar-refractivity contribution in [3.05, 3.63) is 29.3 Å². The summed E-state index contributed by atoms with van der Waals surface area (Å²) >= 11 is 0. The molecule has 1 N–H and O–H groups in total. The number of fused-ring (bicyclic) bond motifs is 4. The number of aliphatic carboxylic acids is 1. The van der Waals surface area contributed by atoms with Crippen molar-refractivity contribution in [1.29, 1.82) is 0 Å². The SMILES string of the molecule is CCOC(=O)CC1CC2(C(=O)OC)c3cc(OC)ccc3CC([C@@H]2OC(=O)C(=O)O)N1C. The zero-order chi connectivity index (χ0) is 23.6. The molecule has 1 aliphatic heterocycles. The Labute approximate surface area is 185 Å². The molecule has 1 saturated heterocycles. The van der Waals surface area contributed by atoms with Gasteiger partial charge in [0.25, 0.3) is 0 Å². The molecule has 3 rings (SSSR count). The highest BCUT2D eigenvalue weighted by molar-refractivity contribution is 6.28. The van der Waals surface area contributed by atoms with Gasteiger partial charge in [0, 0.05) is 6.04 Å². The highest BCUT2D eigenvalue weighted by Crippen LogP contribution is 2.50. The number of carboxylic acid groups (broad SMARTS) is 1. The zero-order valence-corrected chi connectivity index (χ0v) is 18.5. The molecule has 10 heteroatoms. The zero-order valence-electron chi connectivity index (χ0n) is 18.5. The fourth-order valence-corrected chi connectivity index (χ4v) is 4.92. The summed E-state index contributed by atoms with van der Waals surface area (Å²) in [4.78, 5) is 50.8. The smallest absolute Gasteiger partial charge is 0.417 e. The molecule has 3 unspecified atom stereocenters. The minimum absolute atomic E-state index is 0.0124. The maximum atomic E-state index is 13.4. The lowest BCUT2D eigenvalue weighted by atomic mass is 9.59. The number of ether oxygens (including phenoxy) is 4. The van der Waals surface area contributed by atoms with Gasteiger partial charge in [-0.2, -0.15) is 0 Å². The fraction of sp³-hybridized carbons (Fsp3) is 0.545. The monoisotopic (exact) mass is 449 g/mol. The van der Waals surface area contributed by atoms with E-state index in [9.17, 15) is 19.2 Å². The number of hydrogen-bond acceptors (Lipinski definition) is 9. The number of carbonyl (C=O) groups excluding carboxylic acids is 3. The minimum atomic E-state index is -1.76. The van der Waals surface area contributed by atoms with Gasteiger partial charge in [-0.1, -0.05) is 6.07 Å². The molecule has 0 spiro atoms. The van der Waals surface area contributed by atoms with E-state index in [4.69, 9.17) is 24.1 Å². The summed E-state index contributed by atoms with van der Waals surface area (Å²) in [6, 6.07) is 4.27. The van der Waals surface area contributed by atoms with Crippen LogP contribution in [0.3, 0.4) is 0 Å². The number of piperidine rings is 1. The van der Waals surface area contributed by atoms with E-state index in [1.807, 2.05) is 11.0 Å². The number of benzene rings is 1. The van der Waals surface area contributed by atoms with Crippen molar-refractivity contribution in [3.63, 3.8) is 0 Å². The van der Waals surface area contributed by atoms with E-state index in [1.54, 1.807) is 26.1 Å². The molecule has 0 saturated carbocycles. The molecule has 1 aromatic rings. The molecular weight excluding hydrogens is 422 g/mol. The third kappa shape index (κ3) is 3.90. The second-order valence-corrected chi connectivity index (χ2v) is 7.92. The molecule has 2 aliphatic rings. The van der Waals surface area contributed by atoms with Crippen molar-refractivity contribution < 1.29 is 43.2 Å². The van der Waals surface area contributed by atoms with Crippen LogP contribution in [0, 0.1) is 0 Å². The Balaban J connectivity index is 2.18. The number of nitrogens with zero attached hydrogens (tertiary/aromatic N) is 1. The molecule has 1 fully saturated rings. The van der Waals surface area contributed by atoms with Gasteiger partial charge in [-0.05, 0) is 50.1 Å². The molecule has 32 heavy (non-hydrogen) atoms. The van der Waals surface area contributed by atoms with E-state index in [0.29, 0.717) is 17.7 Å². The van der Waals surface area contributed by atoms with E-state index in [0.717, 1.165) is 5.56 Å². The van der Waals surface area contributed by atoms with Gasteiger partial charge in [0.1, 0.15) is 17.3 Å². The van der Waals surface area contributed by atoms with Gasteiger partial charge in [0.2, 0.25) is 0 Å². The number of methoxy groups -OCH3 is 2. The summed E-state index contributed by atoms with van der Waals surface area (Å²) in [6.07, 6.45) is -0.700. The predicted octanol–water partition coefficient (Wildman–Crippen LogP) is 0.684. The van der Waals surface area contributed by atoms with Gasteiger partial charge in [-0.15, -0.1) is 0 Å². The fourth-order valence-electron chi connectivity index (χ4n) is 4.92. The number of carbonyl (C=O) groups is 4. The number of hydrogen-bond donors (Lipinski definition) is 1. The standard InChI is InChI=1S/C22H27NO9/c1-5-31-17(24)9-13-11-22(21(28)30-4)15-10-14(29-3)7-6-12(15)8-16(23(13)2)18(22)32-20(27)19(25)26/h6-7,10,13,16,18H,5,8-9,11H2,1-4H3,(H,25,26)/t13?,16?,18-,22?/m0/s1. The normalized spacial score (nSPS) is 26.4. The summed E-state index contributed by atoms with van der Waals surface area (Å²) in [5, 5.41) is 9.14. The summed E-state index contributed by atoms with van der Waals surface area (Å²) < 4.78 is 21.0. The van der Waals surface area contributed by atoms with E-state index in [1.165, 1.54) is 14.2 Å². The first kappa shape index (κ1) is 23.5. The summed E-state index contributed by atoms with van der Waals surface area (Å²) in [6.45, 7) is 1.93. The van der Waals surface area contributed by atoms with E-state index >= 15 is 0 Å². The largest absolute Gasteiger partial charge is 0.497 e. The van der Waals surface area contributed by atoms with Gasteiger partial charge >= 0.3 is 23.9 Å². The van der Waals surface area contributed by atoms with Gasteiger partial charge in [0.15, 0.2) is 0 Å². The van der Waals surface area contributed by atoms with Crippen molar-refractivity contribution >= 4 is 23.9 Å². The predicted molar refractivity (Wildman–Crippen MR) is 109 cm³/mol. The Kier molecular flexibility index (Phi) is 6.73. The molecule has 1 aromatic carbocycles. The van der Waals surface area contributed by atoms with Gasteiger partial charge in [0.05, 0.1) is 33.3 Å². The van der Waals surface area contributed by atoms with Crippen LogP contribution in [0.5, 0.6) is 5.75 Å². The van der Waals surface area contributed by atoms with Gasteiger partial charge in [-0.3, -0.25) is 14.5 Å². The number of carboxylic acids is 1. The molecule has 0 amide bonds. The highest BCUT2D eigenvalue weighted by Gasteiger charge is 2.63. The van der Waals surface area contributed by atoms with E-state index in [2.05, 4.69) is 0 Å². The maximum Gasteiger partial charge on any atom is 0.417 e. The lowest BCUT2D eigenvalue weighted by molar-refractivity contribution is -0.187. The van der Waals surface area contributed by atoms with E-state index < -0.39 is 47.5 Å². The van der Waals surface area contributed by atoms with Gasteiger partial charge < -0.3 is 24.1 Å². The number of likely N-dealkylation sites (N-methyl/N-ethyl adjacent to an activating group) is 1. The van der Waals surface area contributed by atoms with E-state index in [-0.39, 0.29) is 19.4 Å². The summed E-state index contributed by atoms with van der Waals surface area (Å²) in [5.41, 5.74) is -0.161. The summed E-state index contributed by atoms with van der Waals surface area (Å²) in [7, 11) is 4.46. The van der Waals surface area contributed by atoms with Crippen molar-refractivity contribution in [3.8, 4) is 5.75 Å². The molecule has 1 aliphatic carbocycles. The maximum absolute atomic E-state index is 13.4. The van der Waals surface area contributed by atoms with Crippen LogP contribution in [0.4, 0.5) is 0 Å². The van der Waals surface area contributed by atoms with Crippen molar-refractivity contribution in [2.24, 2.45) is 0 Å². The van der Waals surface area contributed by atoms with Crippen molar-refractivity contribution in [1.82, 2.24) is 4.90 Å². The van der Waals surface area contributed by atoms with Gasteiger partial charge in [-0.25, -0.2) is 9.59 Å². The third-order valence-electron chi connectivity index (χ3n) is 6.38. The average Bonchev–Trinajstić information content (AvgIpc) is 2.77. The van der Waals surface area contributed by atoms with Crippen LogP contribution in [0.1, 0.15) is 30.9 Å². The van der Waals surface area contributed by atoms with Crippen LogP contribution < -0.4 is 4.74 Å². The van der Waals surface area contributed by atoms with Crippen LogP contribution in [-0.2, 0) is 45.2 Å². The number of likely N-dealkylation sites (tertiary alicyclic amines) is 1. The molecule has 174 valence electrons. The van der Waals surface area contributed by atoms with Crippen LogP contribution in [-0.4, -0.2) is 79.9 Å².